The van der Waals surface area contributed by atoms with Gasteiger partial charge in [-0.15, -0.1) is 0 Å². The molecule has 0 radical (unpaired) electrons. The molecule has 2 nitrogen and oxygen atoms in total. The summed E-state index contributed by atoms with van der Waals surface area (Å²) in [5.41, 5.74) is 0. The fraction of sp³-hybridized carbons (Fsp3) is 1.00. The van der Waals surface area contributed by atoms with Crippen LogP contribution in [0.1, 0.15) is 20.8 Å². The van der Waals surface area contributed by atoms with E-state index < -0.39 is 0 Å². The van der Waals surface area contributed by atoms with Gasteiger partial charge in [-0.2, -0.15) is 0 Å². The van der Waals surface area contributed by atoms with Gasteiger partial charge in [-0.25, -0.2) is 0 Å². The van der Waals surface area contributed by atoms with Crippen LogP contribution in [0.15, 0.2) is 0 Å². The van der Waals surface area contributed by atoms with Gasteiger partial charge in [0.25, 0.3) is 0 Å². The van der Waals surface area contributed by atoms with Gasteiger partial charge in [0, 0.05) is 25.2 Å². The van der Waals surface area contributed by atoms with E-state index >= 15 is 0 Å². The van der Waals surface area contributed by atoms with Crippen LogP contribution in [0.3, 0.4) is 0 Å². The van der Waals surface area contributed by atoms with Gasteiger partial charge in [0.15, 0.2) is 0 Å². The van der Waals surface area contributed by atoms with Crippen LogP contribution in [0.4, 0.5) is 0 Å². The van der Waals surface area contributed by atoms with Gasteiger partial charge in [0.2, 0.25) is 0 Å². The minimum absolute atomic E-state index is 0.619. The number of hydrogen-bond donors (Lipinski definition) is 1. The lowest BCUT2D eigenvalue weighted by Crippen LogP contribution is -2.39. The number of likely N-dealkylation sites (tertiary alicyclic amines) is 1. The molecule has 1 saturated heterocycles. The van der Waals surface area contributed by atoms with Crippen LogP contribution in [-0.4, -0.2) is 37.1 Å². The van der Waals surface area contributed by atoms with Crippen LogP contribution in [-0.2, 0) is 0 Å². The minimum Gasteiger partial charge on any atom is -0.310 e. The first-order valence-corrected chi connectivity index (χ1v) is 4.54. The summed E-state index contributed by atoms with van der Waals surface area (Å²) in [5.74, 6) is 0.808. The fourth-order valence-corrected chi connectivity index (χ4v) is 1.85. The smallest absolute Gasteiger partial charge is 0.0235 e. The number of likely N-dealkylation sites (N-methyl/N-ethyl adjacent to an activating group) is 1. The van der Waals surface area contributed by atoms with Crippen molar-refractivity contribution in [3.05, 3.63) is 0 Å². The molecule has 11 heavy (non-hydrogen) atoms. The molecule has 1 N–H and O–H groups in total. The van der Waals surface area contributed by atoms with Crippen LogP contribution in [0.25, 0.3) is 0 Å². The molecule has 1 aliphatic rings. The van der Waals surface area contributed by atoms with Crippen molar-refractivity contribution in [1.29, 1.82) is 0 Å². The number of hydrogen-bond acceptors (Lipinski definition) is 2. The summed E-state index contributed by atoms with van der Waals surface area (Å²) >= 11 is 0. The molecular formula is C9H20N2. The maximum atomic E-state index is 3.58. The van der Waals surface area contributed by atoms with E-state index in [1.54, 1.807) is 0 Å². The minimum atomic E-state index is 0.619. The summed E-state index contributed by atoms with van der Waals surface area (Å²) < 4.78 is 0. The fourth-order valence-electron chi connectivity index (χ4n) is 1.85. The standard InChI is InChI=1S/C9H20N2/c1-7(2)10-9-6-11(4)5-8(9)3/h7-10H,5-6H2,1-4H3/t8-,9+/m1/s1. The normalized spacial score (nSPS) is 33.5. The van der Waals surface area contributed by atoms with Gasteiger partial charge in [-0.3, -0.25) is 0 Å². The summed E-state index contributed by atoms with van der Waals surface area (Å²) in [6.07, 6.45) is 0. The largest absolute Gasteiger partial charge is 0.310 e. The molecule has 0 spiro atoms. The molecule has 0 amide bonds. The van der Waals surface area contributed by atoms with E-state index in [0.717, 1.165) is 5.92 Å². The van der Waals surface area contributed by atoms with Crippen molar-refractivity contribution in [3.8, 4) is 0 Å². The SMILES string of the molecule is CC(C)N[C@H]1CN(C)C[C@H]1C. The lowest BCUT2D eigenvalue weighted by atomic mass is 10.1. The Bertz CT molecular complexity index is 123. The quantitative estimate of drug-likeness (QED) is 0.640. The Morgan fingerprint density at radius 3 is 2.36 bits per heavy atom. The molecule has 0 aromatic rings. The van der Waals surface area contributed by atoms with E-state index in [4.69, 9.17) is 0 Å². The third-order valence-electron chi connectivity index (χ3n) is 2.34. The molecule has 1 fully saturated rings. The Morgan fingerprint density at radius 1 is 1.36 bits per heavy atom. The lowest BCUT2D eigenvalue weighted by Gasteiger charge is -2.18. The van der Waals surface area contributed by atoms with Gasteiger partial charge in [-0.05, 0) is 13.0 Å². The Morgan fingerprint density at radius 2 is 2.00 bits per heavy atom. The van der Waals surface area contributed by atoms with E-state index in [-0.39, 0.29) is 0 Å². The zero-order valence-electron chi connectivity index (χ0n) is 8.09. The summed E-state index contributed by atoms with van der Waals surface area (Å²) in [6, 6.07) is 1.33. The van der Waals surface area contributed by atoms with Crippen molar-refractivity contribution < 1.29 is 0 Å². The highest BCUT2D eigenvalue weighted by Crippen LogP contribution is 2.14. The average Bonchev–Trinajstić information content (AvgIpc) is 2.09. The first kappa shape index (κ1) is 9.01. The van der Waals surface area contributed by atoms with Crippen molar-refractivity contribution >= 4 is 0 Å². The van der Waals surface area contributed by atoms with E-state index in [9.17, 15) is 0 Å². The highest BCUT2D eigenvalue weighted by Gasteiger charge is 2.26. The molecule has 0 aromatic carbocycles. The summed E-state index contributed by atoms with van der Waals surface area (Å²) in [6.45, 7) is 9.20. The highest BCUT2D eigenvalue weighted by molar-refractivity contribution is 4.85. The van der Waals surface area contributed by atoms with Crippen LogP contribution in [0.5, 0.6) is 0 Å². The van der Waals surface area contributed by atoms with E-state index in [1.165, 1.54) is 13.1 Å². The van der Waals surface area contributed by atoms with Gasteiger partial charge >= 0.3 is 0 Å². The van der Waals surface area contributed by atoms with Crippen LogP contribution in [0.2, 0.25) is 0 Å². The zero-order valence-corrected chi connectivity index (χ0v) is 8.09. The Balaban J connectivity index is 2.34. The first-order chi connectivity index (χ1) is 5.09. The second-order valence-electron chi connectivity index (χ2n) is 4.13. The molecule has 0 saturated carbocycles. The first-order valence-electron chi connectivity index (χ1n) is 4.54. The van der Waals surface area contributed by atoms with Crippen molar-refractivity contribution in [2.24, 2.45) is 5.92 Å². The Kier molecular flexibility index (Phi) is 2.90. The van der Waals surface area contributed by atoms with Gasteiger partial charge in [-0.1, -0.05) is 20.8 Å². The molecule has 0 unspecified atom stereocenters. The van der Waals surface area contributed by atoms with Crippen molar-refractivity contribution in [2.75, 3.05) is 20.1 Å². The highest BCUT2D eigenvalue weighted by atomic mass is 15.2. The molecule has 2 atom stereocenters. The Hall–Kier alpha value is -0.0800. The summed E-state index contributed by atoms with van der Waals surface area (Å²) in [4.78, 5) is 2.39. The summed E-state index contributed by atoms with van der Waals surface area (Å²) in [5, 5.41) is 3.58. The molecule has 1 heterocycles. The van der Waals surface area contributed by atoms with Crippen molar-refractivity contribution in [2.45, 2.75) is 32.9 Å². The maximum Gasteiger partial charge on any atom is 0.0235 e. The number of rotatable bonds is 2. The second-order valence-corrected chi connectivity index (χ2v) is 4.13. The predicted molar refractivity (Wildman–Crippen MR) is 48.7 cm³/mol. The van der Waals surface area contributed by atoms with Crippen molar-refractivity contribution in [1.82, 2.24) is 10.2 Å². The topological polar surface area (TPSA) is 15.3 Å². The molecular weight excluding hydrogens is 136 g/mol. The van der Waals surface area contributed by atoms with Gasteiger partial charge < -0.3 is 10.2 Å². The molecule has 66 valence electrons. The van der Waals surface area contributed by atoms with E-state index in [2.05, 4.69) is 38.0 Å². The monoisotopic (exact) mass is 156 g/mol. The van der Waals surface area contributed by atoms with Gasteiger partial charge in [0.1, 0.15) is 0 Å². The molecule has 1 aliphatic heterocycles. The zero-order chi connectivity index (χ0) is 8.43. The number of nitrogens with one attached hydrogen (secondary N) is 1. The third-order valence-corrected chi connectivity index (χ3v) is 2.34. The Labute approximate surface area is 70.0 Å². The maximum absolute atomic E-state index is 3.58. The molecule has 0 aromatic heterocycles. The van der Waals surface area contributed by atoms with Crippen LogP contribution in [0, 0.1) is 5.92 Å². The molecule has 0 aliphatic carbocycles. The van der Waals surface area contributed by atoms with Crippen LogP contribution < -0.4 is 5.32 Å². The van der Waals surface area contributed by atoms with E-state index in [0.29, 0.717) is 12.1 Å². The summed E-state index contributed by atoms with van der Waals surface area (Å²) in [7, 11) is 2.19. The lowest BCUT2D eigenvalue weighted by molar-refractivity contribution is 0.389. The van der Waals surface area contributed by atoms with E-state index in [1.807, 2.05) is 0 Å². The second kappa shape index (κ2) is 3.55. The molecule has 1 rings (SSSR count). The molecule has 0 bridgehead atoms. The van der Waals surface area contributed by atoms with Gasteiger partial charge in [0.05, 0.1) is 0 Å². The van der Waals surface area contributed by atoms with Crippen molar-refractivity contribution in [3.63, 3.8) is 0 Å². The predicted octanol–water partition coefficient (Wildman–Crippen LogP) is 0.934. The van der Waals surface area contributed by atoms with Crippen LogP contribution >= 0.6 is 0 Å². The average molecular weight is 156 g/mol. The number of nitrogens with zero attached hydrogens (tertiary/aromatic N) is 1. The third kappa shape index (κ3) is 2.46. The molecule has 2 heteroatoms.